The van der Waals surface area contributed by atoms with Crippen molar-refractivity contribution in [3.05, 3.63) is 35.6 Å². The van der Waals surface area contributed by atoms with E-state index in [4.69, 9.17) is 0 Å². The van der Waals surface area contributed by atoms with Gasteiger partial charge >= 0.3 is 0 Å². The number of hydrogen-bond acceptors (Lipinski definition) is 1. The Kier molecular flexibility index (Phi) is 4.55. The lowest BCUT2D eigenvalue weighted by atomic mass is 9.80. The summed E-state index contributed by atoms with van der Waals surface area (Å²) in [5.41, 5.74) is 1.23. The average Bonchev–Trinajstić information content (AvgIpc) is 2.27. The molecular formula is C15H22FN. The number of nitrogens with one attached hydrogen (secondary N) is 1. The quantitative estimate of drug-likeness (QED) is 0.795. The third-order valence-electron chi connectivity index (χ3n) is 3.73. The summed E-state index contributed by atoms with van der Waals surface area (Å²) in [6.45, 7) is 3.16. The van der Waals surface area contributed by atoms with E-state index in [0.717, 1.165) is 18.9 Å². The van der Waals surface area contributed by atoms with E-state index in [1.165, 1.54) is 31.2 Å². The average molecular weight is 235 g/mol. The van der Waals surface area contributed by atoms with Crippen molar-refractivity contribution < 1.29 is 4.39 Å². The molecular weight excluding hydrogens is 213 g/mol. The van der Waals surface area contributed by atoms with Gasteiger partial charge in [-0.25, -0.2) is 4.39 Å². The summed E-state index contributed by atoms with van der Waals surface area (Å²) in [4.78, 5) is 0. The summed E-state index contributed by atoms with van der Waals surface area (Å²) >= 11 is 0. The molecule has 1 atom stereocenters. The molecule has 0 spiro atoms. The van der Waals surface area contributed by atoms with Crippen LogP contribution in [-0.4, -0.2) is 12.6 Å². The second-order valence-corrected chi connectivity index (χ2v) is 5.12. The van der Waals surface area contributed by atoms with Gasteiger partial charge in [0.05, 0.1) is 0 Å². The van der Waals surface area contributed by atoms with Gasteiger partial charge in [-0.15, -0.1) is 0 Å². The molecule has 1 unspecified atom stereocenters. The molecule has 1 aliphatic rings. The van der Waals surface area contributed by atoms with Crippen LogP contribution in [0.4, 0.5) is 4.39 Å². The topological polar surface area (TPSA) is 12.0 Å². The van der Waals surface area contributed by atoms with Crippen LogP contribution in [0, 0.1) is 11.7 Å². The van der Waals surface area contributed by atoms with Crippen LogP contribution >= 0.6 is 0 Å². The maximum Gasteiger partial charge on any atom is 0.123 e. The molecule has 2 rings (SSSR count). The summed E-state index contributed by atoms with van der Waals surface area (Å²) in [6, 6.07) is 7.47. The lowest BCUT2D eigenvalue weighted by molar-refractivity contribution is 0.260. The van der Waals surface area contributed by atoms with Gasteiger partial charge in [-0.05, 0) is 43.0 Å². The second kappa shape index (κ2) is 6.15. The fourth-order valence-electron chi connectivity index (χ4n) is 2.56. The van der Waals surface area contributed by atoms with Gasteiger partial charge < -0.3 is 5.32 Å². The SMILES string of the molecule is CCNC(Cc1ccc(F)cc1)CC1CCC1. The molecule has 1 aromatic carbocycles. The monoisotopic (exact) mass is 235 g/mol. The molecule has 1 saturated carbocycles. The highest BCUT2D eigenvalue weighted by atomic mass is 19.1. The summed E-state index contributed by atoms with van der Waals surface area (Å²) in [6.07, 6.45) is 6.48. The number of benzene rings is 1. The molecule has 1 aromatic rings. The van der Waals surface area contributed by atoms with E-state index in [-0.39, 0.29) is 5.82 Å². The van der Waals surface area contributed by atoms with Crippen molar-refractivity contribution >= 4 is 0 Å². The van der Waals surface area contributed by atoms with Crippen molar-refractivity contribution in [1.82, 2.24) is 5.32 Å². The molecule has 94 valence electrons. The lowest BCUT2D eigenvalue weighted by Crippen LogP contribution is -2.34. The Bertz CT molecular complexity index is 329. The van der Waals surface area contributed by atoms with Crippen LogP contribution < -0.4 is 5.32 Å². The maximum absolute atomic E-state index is 12.8. The highest BCUT2D eigenvalue weighted by molar-refractivity contribution is 5.17. The Balaban J connectivity index is 1.88. The maximum atomic E-state index is 12.8. The Morgan fingerprint density at radius 3 is 2.53 bits per heavy atom. The normalized spacial score (nSPS) is 17.8. The van der Waals surface area contributed by atoms with E-state index in [1.54, 1.807) is 12.1 Å². The van der Waals surface area contributed by atoms with Gasteiger partial charge in [0.15, 0.2) is 0 Å². The Morgan fingerprint density at radius 2 is 2.00 bits per heavy atom. The Morgan fingerprint density at radius 1 is 1.29 bits per heavy atom. The van der Waals surface area contributed by atoms with Gasteiger partial charge in [0.2, 0.25) is 0 Å². The van der Waals surface area contributed by atoms with Gasteiger partial charge in [-0.3, -0.25) is 0 Å². The van der Waals surface area contributed by atoms with Gasteiger partial charge in [0, 0.05) is 6.04 Å². The van der Waals surface area contributed by atoms with Crippen LogP contribution in [-0.2, 0) is 6.42 Å². The van der Waals surface area contributed by atoms with E-state index in [2.05, 4.69) is 12.2 Å². The fourth-order valence-corrected chi connectivity index (χ4v) is 2.56. The molecule has 0 radical (unpaired) electrons. The van der Waals surface area contributed by atoms with Crippen molar-refractivity contribution in [2.45, 2.75) is 45.1 Å². The van der Waals surface area contributed by atoms with Crippen molar-refractivity contribution in [2.75, 3.05) is 6.54 Å². The first-order chi connectivity index (χ1) is 8.28. The zero-order valence-corrected chi connectivity index (χ0v) is 10.6. The van der Waals surface area contributed by atoms with Crippen LogP contribution in [0.2, 0.25) is 0 Å². The molecule has 0 bridgehead atoms. The Hall–Kier alpha value is -0.890. The van der Waals surface area contributed by atoms with E-state index < -0.39 is 0 Å². The van der Waals surface area contributed by atoms with Crippen LogP contribution in [0.5, 0.6) is 0 Å². The number of halogens is 1. The largest absolute Gasteiger partial charge is 0.314 e. The van der Waals surface area contributed by atoms with Gasteiger partial charge in [0.1, 0.15) is 5.82 Å². The molecule has 0 heterocycles. The Labute approximate surface area is 103 Å². The summed E-state index contributed by atoms with van der Waals surface area (Å²) in [7, 11) is 0. The molecule has 0 aromatic heterocycles. The fraction of sp³-hybridized carbons (Fsp3) is 0.600. The van der Waals surface area contributed by atoms with E-state index in [1.807, 2.05) is 12.1 Å². The zero-order chi connectivity index (χ0) is 12.1. The van der Waals surface area contributed by atoms with Crippen LogP contribution in [0.25, 0.3) is 0 Å². The first kappa shape index (κ1) is 12.6. The predicted molar refractivity (Wildman–Crippen MR) is 69.5 cm³/mol. The second-order valence-electron chi connectivity index (χ2n) is 5.12. The molecule has 1 aliphatic carbocycles. The molecule has 0 aliphatic heterocycles. The summed E-state index contributed by atoms with van der Waals surface area (Å²) < 4.78 is 12.8. The van der Waals surface area contributed by atoms with Crippen LogP contribution in [0.15, 0.2) is 24.3 Å². The molecule has 1 N–H and O–H groups in total. The molecule has 1 fully saturated rings. The van der Waals surface area contributed by atoms with E-state index in [0.29, 0.717) is 6.04 Å². The van der Waals surface area contributed by atoms with Crippen molar-refractivity contribution in [1.29, 1.82) is 0 Å². The van der Waals surface area contributed by atoms with Gasteiger partial charge in [-0.1, -0.05) is 38.3 Å². The standard InChI is InChI=1S/C15H22FN/c1-2-17-15(10-12-4-3-5-12)11-13-6-8-14(16)9-7-13/h6-9,12,15,17H,2-5,10-11H2,1H3. The van der Waals surface area contributed by atoms with E-state index >= 15 is 0 Å². The minimum absolute atomic E-state index is 0.146. The smallest absolute Gasteiger partial charge is 0.123 e. The first-order valence-electron chi connectivity index (χ1n) is 6.75. The zero-order valence-electron chi connectivity index (χ0n) is 10.6. The van der Waals surface area contributed by atoms with Crippen molar-refractivity contribution in [2.24, 2.45) is 5.92 Å². The summed E-state index contributed by atoms with van der Waals surface area (Å²) in [5.74, 6) is 0.771. The highest BCUT2D eigenvalue weighted by Gasteiger charge is 2.21. The molecule has 2 heteroatoms. The third-order valence-corrected chi connectivity index (χ3v) is 3.73. The highest BCUT2D eigenvalue weighted by Crippen LogP contribution is 2.31. The van der Waals surface area contributed by atoms with Crippen molar-refractivity contribution in [3.63, 3.8) is 0 Å². The van der Waals surface area contributed by atoms with Crippen molar-refractivity contribution in [3.8, 4) is 0 Å². The van der Waals surface area contributed by atoms with Crippen LogP contribution in [0.1, 0.15) is 38.2 Å². The minimum Gasteiger partial charge on any atom is -0.314 e. The lowest BCUT2D eigenvalue weighted by Gasteiger charge is -2.30. The van der Waals surface area contributed by atoms with Gasteiger partial charge in [0.25, 0.3) is 0 Å². The number of hydrogen-bond donors (Lipinski definition) is 1. The predicted octanol–water partition coefficient (Wildman–Crippen LogP) is 3.54. The number of likely N-dealkylation sites (N-methyl/N-ethyl adjacent to an activating group) is 1. The minimum atomic E-state index is -0.146. The van der Waals surface area contributed by atoms with E-state index in [9.17, 15) is 4.39 Å². The molecule has 1 nitrogen and oxygen atoms in total. The molecule has 0 saturated heterocycles. The molecule has 17 heavy (non-hydrogen) atoms. The third kappa shape index (κ3) is 3.81. The molecule has 0 amide bonds. The van der Waals surface area contributed by atoms with Gasteiger partial charge in [-0.2, -0.15) is 0 Å². The number of rotatable bonds is 6. The first-order valence-corrected chi connectivity index (χ1v) is 6.75. The summed E-state index contributed by atoms with van der Waals surface area (Å²) in [5, 5.41) is 3.55. The van der Waals surface area contributed by atoms with Crippen LogP contribution in [0.3, 0.4) is 0 Å².